The van der Waals surface area contributed by atoms with Gasteiger partial charge in [-0.25, -0.2) is 0 Å². The van der Waals surface area contributed by atoms with E-state index in [-0.39, 0.29) is 11.8 Å². The molecule has 5 aromatic carbocycles. The van der Waals surface area contributed by atoms with E-state index in [0.29, 0.717) is 0 Å². The summed E-state index contributed by atoms with van der Waals surface area (Å²) in [6.07, 6.45) is 13.6. The summed E-state index contributed by atoms with van der Waals surface area (Å²) >= 11 is 0. The third kappa shape index (κ3) is 4.78. The Kier molecular flexibility index (Phi) is 7.50. The molecule has 0 aromatic heterocycles. The second kappa shape index (κ2) is 11.8. The second-order valence-corrected chi connectivity index (χ2v) is 14.5. The van der Waals surface area contributed by atoms with Crippen LogP contribution in [0.4, 0.5) is 0 Å². The minimum absolute atomic E-state index is 0.222. The van der Waals surface area contributed by atoms with Crippen molar-refractivity contribution < 1.29 is 0 Å². The van der Waals surface area contributed by atoms with Crippen molar-refractivity contribution in [2.24, 2.45) is 0 Å². The Bertz CT molecular complexity index is 1920. The summed E-state index contributed by atoms with van der Waals surface area (Å²) in [7, 11) is -1.32. The van der Waals surface area contributed by atoms with Crippen LogP contribution >= 0.6 is 0 Å². The summed E-state index contributed by atoms with van der Waals surface area (Å²) < 4.78 is 0. The zero-order chi connectivity index (χ0) is 30.2. The molecule has 0 saturated carbocycles. The van der Waals surface area contributed by atoms with Crippen molar-refractivity contribution in [2.45, 2.75) is 31.7 Å². The number of hydrogen-bond donors (Lipinski definition) is 0. The number of rotatable bonds is 8. The van der Waals surface area contributed by atoms with Gasteiger partial charge in [0.15, 0.2) is 0 Å². The monoisotopic (exact) mass is 581 g/mol. The fourth-order valence-electron chi connectivity index (χ4n) is 7.56. The van der Waals surface area contributed by atoms with E-state index in [4.69, 9.17) is 0 Å². The molecule has 2 aliphatic rings. The van der Waals surface area contributed by atoms with Crippen molar-refractivity contribution in [3.05, 3.63) is 190 Å². The first kappa shape index (κ1) is 28.1. The van der Waals surface area contributed by atoms with Crippen LogP contribution in [-0.2, 0) is 6.04 Å². The van der Waals surface area contributed by atoms with Crippen LogP contribution in [0.5, 0.6) is 0 Å². The van der Waals surface area contributed by atoms with Crippen LogP contribution in [0.15, 0.2) is 162 Å². The van der Waals surface area contributed by atoms with E-state index < -0.39 is 8.80 Å². The van der Waals surface area contributed by atoms with Crippen LogP contribution in [-0.4, -0.2) is 8.80 Å². The molecule has 0 N–H and O–H groups in total. The van der Waals surface area contributed by atoms with Crippen LogP contribution in [0, 0.1) is 0 Å². The first-order valence-electron chi connectivity index (χ1n) is 15.5. The molecule has 0 amide bonds. The fraction of sp³-hybridized carbons (Fsp3) is 0.116. The summed E-state index contributed by atoms with van der Waals surface area (Å²) in [5, 5.41) is 8.24. The summed E-state index contributed by atoms with van der Waals surface area (Å²) in [5.74, 6) is 0.445. The fourth-order valence-corrected chi connectivity index (χ4v) is 11.0. The lowest BCUT2D eigenvalue weighted by atomic mass is 9.92. The highest BCUT2D eigenvalue weighted by Crippen LogP contribution is 2.49. The van der Waals surface area contributed by atoms with E-state index in [9.17, 15) is 0 Å². The average molecular weight is 582 g/mol. The molecule has 0 saturated heterocycles. The summed E-state index contributed by atoms with van der Waals surface area (Å²) in [6.45, 7) is 13.1. The predicted molar refractivity (Wildman–Crippen MR) is 193 cm³/mol. The first-order valence-corrected chi connectivity index (χ1v) is 17.2. The van der Waals surface area contributed by atoms with E-state index in [1.807, 2.05) is 12.2 Å². The quantitative estimate of drug-likeness (QED) is 0.126. The van der Waals surface area contributed by atoms with Crippen LogP contribution in [0.2, 0.25) is 0 Å². The van der Waals surface area contributed by atoms with Gasteiger partial charge in [-0.2, -0.15) is 0 Å². The molecule has 2 aliphatic carbocycles. The van der Waals surface area contributed by atoms with Gasteiger partial charge in [0.05, 0.1) is 0 Å². The highest BCUT2D eigenvalue weighted by molar-refractivity contribution is 6.74. The van der Waals surface area contributed by atoms with Gasteiger partial charge in [-0.1, -0.05) is 180 Å². The maximum atomic E-state index is 4.25. The molecule has 5 aromatic rings. The Labute approximate surface area is 263 Å². The average Bonchev–Trinajstić information content (AvgIpc) is 3.58. The molecule has 0 nitrogen and oxygen atoms in total. The van der Waals surface area contributed by atoms with Gasteiger partial charge in [-0.15, -0.1) is 0 Å². The molecule has 7 rings (SSSR count). The summed E-state index contributed by atoms with van der Waals surface area (Å²) in [5.41, 5.74) is 9.74. The van der Waals surface area contributed by atoms with Gasteiger partial charge >= 0.3 is 0 Å². The molecular formula is C43H37Si. The number of hydrogen-bond acceptors (Lipinski definition) is 0. The SMILES string of the molecule is C=CC=C(C1C(C)=Cc2c1ccc1ccccc21)[Si](Cc1ccccc1)C(=CC=C)C1C(C)=Cc2c1ccc1ccccc21. The number of fused-ring (bicyclic) bond motifs is 6. The minimum atomic E-state index is -1.32. The predicted octanol–water partition coefficient (Wildman–Crippen LogP) is 11.3. The Morgan fingerprint density at radius 3 is 1.52 bits per heavy atom. The van der Waals surface area contributed by atoms with Crippen LogP contribution in [0.25, 0.3) is 33.7 Å². The van der Waals surface area contributed by atoms with Gasteiger partial charge in [0.25, 0.3) is 0 Å². The molecule has 2 unspecified atom stereocenters. The molecule has 0 aliphatic heterocycles. The maximum absolute atomic E-state index is 4.25. The Hall–Kier alpha value is -4.72. The van der Waals surface area contributed by atoms with E-state index >= 15 is 0 Å². The third-order valence-corrected chi connectivity index (χ3v) is 12.5. The topological polar surface area (TPSA) is 0 Å². The van der Waals surface area contributed by atoms with Gasteiger partial charge in [0.1, 0.15) is 8.80 Å². The van der Waals surface area contributed by atoms with Crippen molar-refractivity contribution in [1.82, 2.24) is 0 Å². The van der Waals surface area contributed by atoms with E-state index in [0.717, 1.165) is 6.04 Å². The van der Waals surface area contributed by atoms with Gasteiger partial charge in [-0.05, 0) is 63.7 Å². The van der Waals surface area contributed by atoms with Crippen molar-refractivity contribution in [3.63, 3.8) is 0 Å². The number of allylic oxidation sites excluding steroid dienone is 8. The lowest BCUT2D eigenvalue weighted by molar-refractivity contribution is 0.965. The molecule has 0 bridgehead atoms. The minimum Gasteiger partial charge on any atom is -0.0991 e. The molecule has 213 valence electrons. The molecule has 1 heteroatoms. The molecule has 44 heavy (non-hydrogen) atoms. The van der Waals surface area contributed by atoms with E-state index in [1.54, 1.807) is 0 Å². The van der Waals surface area contributed by atoms with Gasteiger partial charge in [0.2, 0.25) is 0 Å². The standard InChI is InChI=1S/C43H37Si/c1-5-14-40(42-29(3)26-38-34-20-12-10-18-32(34)22-24-36(38)42)44(28-31-16-8-7-9-17-31)41(15-6-2)43-30(4)27-39-35-21-13-11-19-33(35)23-25-37(39)43/h5-27,42-43H,1-2,28H2,3-4H3. The zero-order valence-electron chi connectivity index (χ0n) is 25.6. The van der Waals surface area contributed by atoms with Crippen LogP contribution in [0.3, 0.4) is 0 Å². The van der Waals surface area contributed by atoms with E-state index in [2.05, 4.69) is 154 Å². The Balaban J connectivity index is 1.42. The molecule has 0 fully saturated rings. The lowest BCUT2D eigenvalue weighted by Gasteiger charge is -2.32. The largest absolute Gasteiger partial charge is 0.117 e. The first-order chi connectivity index (χ1) is 21.6. The maximum Gasteiger partial charge on any atom is 0.117 e. The van der Waals surface area contributed by atoms with Crippen molar-refractivity contribution in [1.29, 1.82) is 0 Å². The van der Waals surface area contributed by atoms with E-state index in [1.165, 1.54) is 70.9 Å². The normalized spacial score (nSPS) is 17.9. The lowest BCUT2D eigenvalue weighted by Crippen LogP contribution is -2.31. The Morgan fingerprint density at radius 2 is 1.05 bits per heavy atom. The van der Waals surface area contributed by atoms with Crippen molar-refractivity contribution in [3.8, 4) is 0 Å². The summed E-state index contributed by atoms with van der Waals surface area (Å²) in [6, 6.07) is 38.9. The van der Waals surface area contributed by atoms with Gasteiger partial charge in [0, 0.05) is 11.8 Å². The third-order valence-electron chi connectivity index (χ3n) is 9.42. The molecule has 1 radical (unpaired) electrons. The second-order valence-electron chi connectivity index (χ2n) is 12.1. The van der Waals surface area contributed by atoms with Crippen LogP contribution < -0.4 is 0 Å². The molecule has 2 atom stereocenters. The summed E-state index contributed by atoms with van der Waals surface area (Å²) in [4.78, 5) is 0. The van der Waals surface area contributed by atoms with Crippen molar-refractivity contribution >= 4 is 42.5 Å². The highest BCUT2D eigenvalue weighted by Gasteiger charge is 2.38. The van der Waals surface area contributed by atoms with Crippen LogP contribution in [0.1, 0.15) is 53.5 Å². The van der Waals surface area contributed by atoms with Crippen molar-refractivity contribution in [2.75, 3.05) is 0 Å². The number of benzene rings is 5. The smallest absolute Gasteiger partial charge is 0.0991 e. The van der Waals surface area contributed by atoms with Gasteiger partial charge in [-0.3, -0.25) is 0 Å². The molecule has 0 heterocycles. The molecular weight excluding hydrogens is 545 g/mol. The zero-order valence-corrected chi connectivity index (χ0v) is 26.6. The highest BCUT2D eigenvalue weighted by atomic mass is 28.3. The molecule has 0 spiro atoms. The Morgan fingerprint density at radius 1 is 0.591 bits per heavy atom. The van der Waals surface area contributed by atoms with Gasteiger partial charge < -0.3 is 0 Å².